The zero-order valence-corrected chi connectivity index (χ0v) is 12.9. The maximum absolute atomic E-state index is 6.21. The highest BCUT2D eigenvalue weighted by Gasteiger charge is 2.17. The van der Waals surface area contributed by atoms with Crippen molar-refractivity contribution in [1.82, 2.24) is 15.2 Å². The van der Waals surface area contributed by atoms with Crippen LogP contribution in [-0.2, 0) is 11.3 Å². The zero-order valence-electron chi connectivity index (χ0n) is 12.2. The molecule has 21 heavy (non-hydrogen) atoms. The van der Waals surface area contributed by atoms with Crippen LogP contribution >= 0.6 is 11.6 Å². The summed E-state index contributed by atoms with van der Waals surface area (Å²) in [6, 6.07) is 7.90. The molecule has 0 aliphatic carbocycles. The molecule has 0 spiro atoms. The molecule has 1 aliphatic rings. The van der Waals surface area contributed by atoms with Crippen LogP contribution in [0.2, 0.25) is 5.02 Å². The zero-order chi connectivity index (χ0) is 14.7. The van der Waals surface area contributed by atoms with Crippen LogP contribution in [0.1, 0.15) is 5.56 Å². The van der Waals surface area contributed by atoms with Gasteiger partial charge in [0.25, 0.3) is 0 Å². The number of benzene rings is 1. The number of ether oxygens (including phenoxy) is 1. The summed E-state index contributed by atoms with van der Waals surface area (Å²) in [6.07, 6.45) is 2.07. The molecule has 2 aromatic rings. The number of nitrogens with zero attached hydrogens (tertiary/aromatic N) is 2. The number of fused-ring (bicyclic) bond motifs is 1. The summed E-state index contributed by atoms with van der Waals surface area (Å²) in [5.41, 5.74) is 2.14. The van der Waals surface area contributed by atoms with Crippen molar-refractivity contribution in [3.8, 4) is 0 Å². The molecule has 1 saturated heterocycles. The SMILES string of the molecule is CN1CCOC(CNCc2ccc(Cl)c3cccnc23)C1. The Morgan fingerprint density at radius 2 is 2.33 bits per heavy atom. The average molecular weight is 306 g/mol. The first-order valence-corrected chi connectivity index (χ1v) is 7.65. The number of hydrogen-bond donors (Lipinski definition) is 1. The van der Waals surface area contributed by atoms with Crippen LogP contribution in [0, 0.1) is 0 Å². The van der Waals surface area contributed by atoms with Gasteiger partial charge in [-0.05, 0) is 30.8 Å². The molecule has 0 bridgehead atoms. The van der Waals surface area contributed by atoms with E-state index >= 15 is 0 Å². The van der Waals surface area contributed by atoms with Crippen molar-refractivity contribution in [1.29, 1.82) is 0 Å². The Labute approximate surface area is 130 Å². The van der Waals surface area contributed by atoms with Gasteiger partial charge in [0.15, 0.2) is 0 Å². The largest absolute Gasteiger partial charge is 0.374 e. The third-order valence-corrected chi connectivity index (χ3v) is 4.16. The Morgan fingerprint density at radius 3 is 3.19 bits per heavy atom. The average Bonchev–Trinajstić information content (AvgIpc) is 2.50. The van der Waals surface area contributed by atoms with E-state index in [9.17, 15) is 0 Å². The summed E-state index contributed by atoms with van der Waals surface area (Å²) in [6.45, 7) is 4.43. The highest BCUT2D eigenvalue weighted by molar-refractivity contribution is 6.35. The van der Waals surface area contributed by atoms with Gasteiger partial charge < -0.3 is 15.0 Å². The molecule has 0 amide bonds. The number of aromatic nitrogens is 1. The lowest BCUT2D eigenvalue weighted by Crippen LogP contribution is -2.44. The quantitative estimate of drug-likeness (QED) is 0.940. The molecule has 4 nitrogen and oxygen atoms in total. The summed E-state index contributed by atoms with van der Waals surface area (Å²) < 4.78 is 5.75. The first-order chi connectivity index (χ1) is 10.2. The van der Waals surface area contributed by atoms with Gasteiger partial charge in [-0.25, -0.2) is 0 Å². The van der Waals surface area contributed by atoms with Gasteiger partial charge in [-0.2, -0.15) is 0 Å². The van der Waals surface area contributed by atoms with Crippen molar-refractivity contribution in [2.75, 3.05) is 33.3 Å². The van der Waals surface area contributed by atoms with Gasteiger partial charge >= 0.3 is 0 Å². The Bertz CT molecular complexity index is 619. The van der Waals surface area contributed by atoms with Crippen molar-refractivity contribution >= 4 is 22.5 Å². The van der Waals surface area contributed by atoms with Crippen LogP contribution < -0.4 is 5.32 Å². The van der Waals surface area contributed by atoms with E-state index in [1.165, 1.54) is 5.56 Å². The first kappa shape index (κ1) is 14.7. The van der Waals surface area contributed by atoms with Gasteiger partial charge in [0.05, 0.1) is 18.2 Å². The third-order valence-electron chi connectivity index (χ3n) is 3.83. The molecule has 2 heterocycles. The Balaban J connectivity index is 1.64. The number of nitrogens with one attached hydrogen (secondary N) is 1. The van der Waals surface area contributed by atoms with Gasteiger partial charge in [-0.1, -0.05) is 17.7 Å². The Morgan fingerprint density at radius 1 is 1.43 bits per heavy atom. The number of halogens is 1. The molecule has 1 atom stereocenters. The van der Waals surface area contributed by atoms with Crippen LogP contribution in [-0.4, -0.2) is 49.3 Å². The van der Waals surface area contributed by atoms with Crippen LogP contribution in [0.4, 0.5) is 0 Å². The molecule has 1 aliphatic heterocycles. The van der Waals surface area contributed by atoms with E-state index in [1.54, 1.807) is 6.20 Å². The molecular weight excluding hydrogens is 286 g/mol. The summed E-state index contributed by atoms with van der Waals surface area (Å²) in [4.78, 5) is 6.76. The number of pyridine rings is 1. The maximum Gasteiger partial charge on any atom is 0.0826 e. The smallest absolute Gasteiger partial charge is 0.0826 e. The summed E-state index contributed by atoms with van der Waals surface area (Å²) >= 11 is 6.21. The lowest BCUT2D eigenvalue weighted by atomic mass is 10.1. The molecule has 1 fully saturated rings. The second-order valence-corrected chi connectivity index (χ2v) is 5.90. The van der Waals surface area contributed by atoms with Gasteiger partial charge in [-0.15, -0.1) is 0 Å². The van der Waals surface area contributed by atoms with Gasteiger partial charge in [0.2, 0.25) is 0 Å². The van der Waals surface area contributed by atoms with Crippen molar-refractivity contribution in [2.45, 2.75) is 12.6 Å². The lowest BCUT2D eigenvalue weighted by Gasteiger charge is -2.30. The summed E-state index contributed by atoms with van der Waals surface area (Å²) in [5, 5.41) is 5.22. The van der Waals surface area contributed by atoms with Crippen LogP contribution in [0.3, 0.4) is 0 Å². The second kappa shape index (κ2) is 6.71. The van der Waals surface area contributed by atoms with Crippen molar-refractivity contribution in [2.24, 2.45) is 0 Å². The first-order valence-electron chi connectivity index (χ1n) is 7.27. The molecule has 0 radical (unpaired) electrons. The van der Waals surface area contributed by atoms with Crippen molar-refractivity contribution in [3.63, 3.8) is 0 Å². The fourth-order valence-corrected chi connectivity index (χ4v) is 2.91. The van der Waals surface area contributed by atoms with E-state index in [4.69, 9.17) is 16.3 Å². The van der Waals surface area contributed by atoms with Gasteiger partial charge in [-0.3, -0.25) is 4.98 Å². The molecule has 5 heteroatoms. The standard InChI is InChI=1S/C16H20ClN3O/c1-20-7-8-21-13(11-20)10-18-9-12-4-5-15(17)14-3-2-6-19-16(12)14/h2-6,13,18H,7-11H2,1H3. The van der Waals surface area contributed by atoms with E-state index in [0.717, 1.165) is 48.7 Å². The second-order valence-electron chi connectivity index (χ2n) is 5.49. The molecule has 1 N–H and O–H groups in total. The number of rotatable bonds is 4. The predicted molar refractivity (Wildman–Crippen MR) is 85.7 cm³/mol. The minimum atomic E-state index is 0.260. The van der Waals surface area contributed by atoms with Gasteiger partial charge in [0, 0.05) is 42.8 Å². The fourth-order valence-electron chi connectivity index (χ4n) is 2.70. The number of morpholine rings is 1. The van der Waals surface area contributed by atoms with E-state index in [1.807, 2.05) is 24.3 Å². The lowest BCUT2D eigenvalue weighted by molar-refractivity contribution is -0.0182. The van der Waals surface area contributed by atoms with E-state index < -0.39 is 0 Å². The molecule has 1 aromatic heterocycles. The predicted octanol–water partition coefficient (Wildman–Crippen LogP) is 2.31. The van der Waals surface area contributed by atoms with Gasteiger partial charge in [0.1, 0.15) is 0 Å². The highest BCUT2D eigenvalue weighted by Crippen LogP contribution is 2.24. The van der Waals surface area contributed by atoms with Crippen LogP contribution in [0.5, 0.6) is 0 Å². The molecule has 0 saturated carbocycles. The van der Waals surface area contributed by atoms with Crippen LogP contribution in [0.15, 0.2) is 30.5 Å². The Hall–Kier alpha value is -1.20. The van der Waals surface area contributed by atoms with Crippen LogP contribution in [0.25, 0.3) is 10.9 Å². The molecular formula is C16H20ClN3O. The normalized spacial score (nSPS) is 20.0. The molecule has 112 valence electrons. The maximum atomic E-state index is 6.21. The number of likely N-dealkylation sites (N-methyl/N-ethyl adjacent to an activating group) is 1. The summed E-state index contributed by atoms with van der Waals surface area (Å²) in [5.74, 6) is 0. The van der Waals surface area contributed by atoms with Crippen molar-refractivity contribution in [3.05, 3.63) is 41.0 Å². The monoisotopic (exact) mass is 305 g/mol. The highest BCUT2D eigenvalue weighted by atomic mass is 35.5. The summed E-state index contributed by atoms with van der Waals surface area (Å²) in [7, 11) is 2.13. The fraction of sp³-hybridized carbons (Fsp3) is 0.438. The van der Waals surface area contributed by atoms with E-state index in [-0.39, 0.29) is 6.10 Å². The minimum absolute atomic E-state index is 0.260. The molecule has 1 aromatic carbocycles. The topological polar surface area (TPSA) is 37.4 Å². The molecule has 3 rings (SSSR count). The minimum Gasteiger partial charge on any atom is -0.374 e. The number of hydrogen-bond acceptors (Lipinski definition) is 4. The molecule has 1 unspecified atom stereocenters. The third kappa shape index (κ3) is 3.52. The van der Waals surface area contributed by atoms with Crippen molar-refractivity contribution < 1.29 is 4.74 Å². The Kier molecular flexibility index (Phi) is 4.70. The van der Waals surface area contributed by atoms with E-state index in [2.05, 4.69) is 22.2 Å². The van der Waals surface area contributed by atoms with E-state index in [0.29, 0.717) is 0 Å².